The summed E-state index contributed by atoms with van der Waals surface area (Å²) >= 11 is 12.1. The maximum absolute atomic E-state index is 13.0. The number of hydrogen-bond acceptors (Lipinski definition) is 2. The summed E-state index contributed by atoms with van der Waals surface area (Å²) < 4.78 is 0. The molecule has 0 atom stereocenters. The Morgan fingerprint density at radius 2 is 1.65 bits per heavy atom. The maximum atomic E-state index is 13.0. The summed E-state index contributed by atoms with van der Waals surface area (Å²) in [5.74, 6) is -0.364. The normalized spacial score (nSPS) is 10.7. The average Bonchev–Trinajstić information content (AvgIpc) is 2.47. The van der Waals surface area contributed by atoms with Gasteiger partial charge in [-0.2, -0.15) is 0 Å². The van der Waals surface area contributed by atoms with Gasteiger partial charge in [0.25, 0.3) is 5.91 Å². The second kappa shape index (κ2) is 7.16. The number of halogens is 2. The van der Waals surface area contributed by atoms with E-state index in [4.69, 9.17) is 23.2 Å². The summed E-state index contributed by atoms with van der Waals surface area (Å²) in [6.07, 6.45) is 0. The van der Waals surface area contributed by atoms with E-state index >= 15 is 0 Å². The molecule has 0 unspecified atom stereocenters. The number of nitrogens with zero attached hydrogens (tertiary/aromatic N) is 1. The summed E-state index contributed by atoms with van der Waals surface area (Å²) in [4.78, 5) is 26.4. The first-order chi connectivity index (χ1) is 10.8. The van der Waals surface area contributed by atoms with Gasteiger partial charge >= 0.3 is 0 Å². The van der Waals surface area contributed by atoms with Crippen LogP contribution in [0.4, 0.5) is 5.69 Å². The van der Waals surface area contributed by atoms with Crippen LogP contribution in [-0.4, -0.2) is 17.7 Å². The fourth-order valence-corrected chi connectivity index (χ4v) is 2.89. The molecule has 0 bridgehead atoms. The predicted molar refractivity (Wildman–Crippen MR) is 94.9 cm³/mol. The van der Waals surface area contributed by atoms with Crippen LogP contribution in [0.1, 0.15) is 41.5 Å². The van der Waals surface area contributed by atoms with Crippen molar-refractivity contribution in [3.8, 4) is 0 Å². The van der Waals surface area contributed by atoms with Crippen LogP contribution >= 0.6 is 23.2 Å². The molecule has 5 heteroatoms. The van der Waals surface area contributed by atoms with Crippen molar-refractivity contribution in [2.75, 3.05) is 4.90 Å². The highest BCUT2D eigenvalue weighted by molar-refractivity contribution is 6.37. The Kier molecular flexibility index (Phi) is 5.45. The second-order valence-electron chi connectivity index (χ2n) is 5.47. The molecule has 0 saturated carbocycles. The molecule has 0 aliphatic carbocycles. The van der Waals surface area contributed by atoms with Gasteiger partial charge in [-0.3, -0.25) is 9.59 Å². The van der Waals surface area contributed by atoms with Crippen molar-refractivity contribution in [2.24, 2.45) is 0 Å². The Morgan fingerprint density at radius 3 is 2.22 bits per heavy atom. The Morgan fingerprint density at radius 1 is 1.00 bits per heavy atom. The largest absolute Gasteiger partial charge is 0.305 e. The third-order valence-electron chi connectivity index (χ3n) is 3.44. The quantitative estimate of drug-likeness (QED) is 0.706. The number of Topliss-reactive ketones (excluding diaryl/α,β-unsaturated/α-hetero) is 1. The number of hydrogen-bond donors (Lipinski definition) is 0. The number of para-hydroxylation sites is 1. The van der Waals surface area contributed by atoms with Gasteiger partial charge in [-0.05, 0) is 51.1 Å². The number of carbonyl (C=O) groups excluding carboxylic acids is 2. The van der Waals surface area contributed by atoms with Crippen molar-refractivity contribution in [2.45, 2.75) is 26.8 Å². The Bertz CT molecular complexity index is 756. The topological polar surface area (TPSA) is 37.4 Å². The highest BCUT2D eigenvalue weighted by Gasteiger charge is 2.25. The first-order valence-corrected chi connectivity index (χ1v) is 7.97. The zero-order valence-electron chi connectivity index (χ0n) is 13.1. The van der Waals surface area contributed by atoms with Crippen LogP contribution in [0.15, 0.2) is 42.5 Å². The van der Waals surface area contributed by atoms with E-state index in [1.807, 2.05) is 13.8 Å². The van der Waals surface area contributed by atoms with Crippen LogP contribution in [0, 0.1) is 0 Å². The van der Waals surface area contributed by atoms with Gasteiger partial charge in [-0.25, -0.2) is 0 Å². The molecule has 0 aliphatic heterocycles. The van der Waals surface area contributed by atoms with Crippen LogP contribution in [0.25, 0.3) is 0 Å². The fourth-order valence-electron chi connectivity index (χ4n) is 2.40. The zero-order chi connectivity index (χ0) is 17.1. The van der Waals surface area contributed by atoms with Crippen LogP contribution in [0.3, 0.4) is 0 Å². The van der Waals surface area contributed by atoms with E-state index in [1.165, 1.54) is 13.0 Å². The first kappa shape index (κ1) is 17.5. The molecule has 0 aromatic heterocycles. The fraction of sp³-hybridized carbons (Fsp3) is 0.222. The molecule has 0 fully saturated rings. The second-order valence-corrected chi connectivity index (χ2v) is 6.31. The van der Waals surface area contributed by atoms with Crippen molar-refractivity contribution in [3.63, 3.8) is 0 Å². The molecule has 2 aromatic rings. The van der Waals surface area contributed by atoms with Crippen LogP contribution in [0.2, 0.25) is 10.0 Å². The average molecular weight is 350 g/mol. The smallest absolute Gasteiger partial charge is 0.260 e. The molecule has 1 amide bonds. The van der Waals surface area contributed by atoms with E-state index < -0.39 is 0 Å². The van der Waals surface area contributed by atoms with Gasteiger partial charge in [0, 0.05) is 16.6 Å². The summed E-state index contributed by atoms with van der Waals surface area (Å²) in [6.45, 7) is 5.26. The van der Waals surface area contributed by atoms with Crippen LogP contribution in [-0.2, 0) is 0 Å². The monoisotopic (exact) mass is 349 g/mol. The molecule has 3 nitrogen and oxygen atoms in total. The Labute approximate surface area is 145 Å². The van der Waals surface area contributed by atoms with Gasteiger partial charge in [0.2, 0.25) is 0 Å². The highest BCUT2D eigenvalue weighted by Crippen LogP contribution is 2.28. The molecule has 0 aliphatic rings. The summed E-state index contributed by atoms with van der Waals surface area (Å²) in [5, 5.41) is 0.750. The third-order valence-corrected chi connectivity index (χ3v) is 3.99. The lowest BCUT2D eigenvalue weighted by Gasteiger charge is -2.29. The van der Waals surface area contributed by atoms with Gasteiger partial charge < -0.3 is 4.90 Å². The van der Waals surface area contributed by atoms with Crippen molar-refractivity contribution in [3.05, 3.63) is 63.6 Å². The molecular weight excluding hydrogens is 333 g/mol. The summed E-state index contributed by atoms with van der Waals surface area (Å²) in [7, 11) is 0. The number of rotatable bonds is 4. The molecular formula is C18H17Cl2NO2. The van der Waals surface area contributed by atoms with Crippen LogP contribution < -0.4 is 4.90 Å². The van der Waals surface area contributed by atoms with E-state index in [-0.39, 0.29) is 22.8 Å². The van der Waals surface area contributed by atoms with E-state index in [9.17, 15) is 9.59 Å². The minimum absolute atomic E-state index is 0.0961. The van der Waals surface area contributed by atoms with Crippen molar-refractivity contribution in [1.82, 2.24) is 0 Å². The SMILES string of the molecule is CC(=O)c1ccccc1N(C(=O)c1ccc(Cl)cc1Cl)C(C)C. The Hall–Kier alpha value is -1.84. The maximum Gasteiger partial charge on any atom is 0.260 e. The highest BCUT2D eigenvalue weighted by atomic mass is 35.5. The van der Waals surface area contributed by atoms with E-state index in [0.29, 0.717) is 21.8 Å². The molecule has 120 valence electrons. The van der Waals surface area contributed by atoms with Crippen molar-refractivity contribution >= 4 is 40.6 Å². The summed E-state index contributed by atoms with van der Waals surface area (Å²) in [5.41, 5.74) is 1.42. The van der Waals surface area contributed by atoms with Gasteiger partial charge in [-0.1, -0.05) is 35.3 Å². The van der Waals surface area contributed by atoms with Gasteiger partial charge in [0.05, 0.1) is 16.3 Å². The molecule has 0 spiro atoms. The van der Waals surface area contributed by atoms with Crippen molar-refractivity contribution in [1.29, 1.82) is 0 Å². The van der Waals surface area contributed by atoms with Gasteiger partial charge in [0.1, 0.15) is 0 Å². The minimum atomic E-state index is -0.268. The lowest BCUT2D eigenvalue weighted by molar-refractivity contribution is 0.0980. The van der Waals surface area contributed by atoms with E-state index in [1.54, 1.807) is 41.3 Å². The Balaban J connectivity index is 2.55. The number of benzene rings is 2. The minimum Gasteiger partial charge on any atom is -0.305 e. The summed E-state index contributed by atoms with van der Waals surface area (Å²) in [6, 6.07) is 11.7. The predicted octanol–water partition coefficient (Wildman–Crippen LogP) is 5.25. The molecule has 2 aromatic carbocycles. The number of ketones is 1. The first-order valence-electron chi connectivity index (χ1n) is 7.21. The van der Waals surface area contributed by atoms with Gasteiger partial charge in [0.15, 0.2) is 5.78 Å². The lowest BCUT2D eigenvalue weighted by atomic mass is 10.1. The molecule has 2 rings (SSSR count). The number of carbonyl (C=O) groups is 2. The number of anilines is 1. The molecule has 0 N–H and O–H groups in total. The zero-order valence-corrected chi connectivity index (χ0v) is 14.7. The third kappa shape index (κ3) is 3.74. The lowest BCUT2D eigenvalue weighted by Crippen LogP contribution is -2.38. The number of amides is 1. The van der Waals surface area contributed by atoms with Crippen molar-refractivity contribution < 1.29 is 9.59 Å². The van der Waals surface area contributed by atoms with E-state index in [2.05, 4.69) is 0 Å². The van der Waals surface area contributed by atoms with E-state index in [0.717, 1.165) is 0 Å². The van der Waals surface area contributed by atoms with Crippen LogP contribution in [0.5, 0.6) is 0 Å². The van der Waals surface area contributed by atoms with Gasteiger partial charge in [-0.15, -0.1) is 0 Å². The molecule has 0 heterocycles. The molecule has 23 heavy (non-hydrogen) atoms. The molecule has 0 radical (unpaired) electrons. The molecule has 0 saturated heterocycles. The standard InChI is InChI=1S/C18H17Cl2NO2/c1-11(2)21(17-7-5-4-6-14(17)12(3)22)18(23)15-9-8-13(19)10-16(15)20/h4-11H,1-3H3.